The van der Waals surface area contributed by atoms with Gasteiger partial charge in [-0.05, 0) is 43.9 Å². The number of anilines is 1. The van der Waals surface area contributed by atoms with E-state index in [-0.39, 0.29) is 5.91 Å². The molecule has 0 bridgehead atoms. The zero-order valence-corrected chi connectivity index (χ0v) is 14.7. The second-order valence-corrected chi connectivity index (χ2v) is 7.05. The summed E-state index contributed by atoms with van der Waals surface area (Å²) >= 11 is 1.41. The minimum atomic E-state index is -0.741. The van der Waals surface area contributed by atoms with Crippen LogP contribution in [0.25, 0.3) is 0 Å². The summed E-state index contributed by atoms with van der Waals surface area (Å²) in [7, 11) is 1.66. The number of carbonyl (C=O) groups is 1. The zero-order chi connectivity index (χ0) is 17.0. The van der Waals surface area contributed by atoms with E-state index in [0.717, 1.165) is 36.4 Å². The van der Waals surface area contributed by atoms with Gasteiger partial charge in [-0.1, -0.05) is 23.5 Å². The maximum absolute atomic E-state index is 12.3. The molecule has 0 saturated carbocycles. The van der Waals surface area contributed by atoms with Crippen LogP contribution >= 0.6 is 11.3 Å². The second kappa shape index (κ2) is 7.27. The first-order valence-electron chi connectivity index (χ1n) is 8.00. The molecule has 24 heavy (non-hydrogen) atoms. The lowest BCUT2D eigenvalue weighted by atomic mass is 10.0. The zero-order valence-electron chi connectivity index (χ0n) is 13.9. The predicted octanol–water partition coefficient (Wildman–Crippen LogP) is 2.84. The Morgan fingerprint density at radius 1 is 1.33 bits per heavy atom. The maximum Gasteiger partial charge on any atom is 0.258 e. The lowest BCUT2D eigenvalue weighted by molar-refractivity contribution is -0.133. The molecule has 1 aliphatic rings. The number of methoxy groups -OCH3 is 1. The molecular formula is C17H21N3O3S. The van der Waals surface area contributed by atoms with Crippen molar-refractivity contribution in [3.8, 4) is 5.75 Å². The van der Waals surface area contributed by atoms with Gasteiger partial charge in [0.2, 0.25) is 5.13 Å². The van der Waals surface area contributed by atoms with Crippen LogP contribution in [0.2, 0.25) is 0 Å². The summed E-state index contributed by atoms with van der Waals surface area (Å²) in [6.07, 6.45) is 3.30. The number of carbonyl (C=O) groups excluding carboxylic acids is 1. The molecule has 0 spiro atoms. The van der Waals surface area contributed by atoms with E-state index in [1.54, 1.807) is 7.11 Å². The normalized spacial score (nSPS) is 20.1. The Kier molecular flexibility index (Phi) is 5.11. The summed E-state index contributed by atoms with van der Waals surface area (Å²) in [4.78, 5) is 12.3. The van der Waals surface area contributed by atoms with Crippen molar-refractivity contribution in [3.63, 3.8) is 0 Å². The molecule has 1 atom stereocenters. The van der Waals surface area contributed by atoms with Gasteiger partial charge in [-0.2, -0.15) is 0 Å². The van der Waals surface area contributed by atoms with Crippen molar-refractivity contribution in [2.45, 2.75) is 38.2 Å². The van der Waals surface area contributed by atoms with Crippen molar-refractivity contribution >= 4 is 22.4 Å². The molecule has 0 unspecified atom stereocenters. The third-order valence-corrected chi connectivity index (χ3v) is 5.07. The first-order valence-corrected chi connectivity index (χ1v) is 8.81. The van der Waals surface area contributed by atoms with Crippen LogP contribution in [0.1, 0.15) is 30.3 Å². The predicted molar refractivity (Wildman–Crippen MR) is 92.5 cm³/mol. The van der Waals surface area contributed by atoms with Gasteiger partial charge in [-0.25, -0.2) is 0 Å². The maximum atomic E-state index is 12.3. The summed E-state index contributed by atoms with van der Waals surface area (Å²) in [5.74, 6) is 0.708. The number of rotatable bonds is 6. The SMILES string of the molecule is COc1ccc(CCc2nnc(NC(=O)[C@@]3(C)CCCO3)s2)cc1. The van der Waals surface area contributed by atoms with Gasteiger partial charge in [-0.15, -0.1) is 10.2 Å². The number of hydrogen-bond acceptors (Lipinski definition) is 6. The van der Waals surface area contributed by atoms with E-state index in [4.69, 9.17) is 9.47 Å². The van der Waals surface area contributed by atoms with Crippen LogP contribution in [0.3, 0.4) is 0 Å². The van der Waals surface area contributed by atoms with Gasteiger partial charge in [-0.3, -0.25) is 10.1 Å². The van der Waals surface area contributed by atoms with Gasteiger partial charge in [0.05, 0.1) is 7.11 Å². The highest BCUT2D eigenvalue weighted by Crippen LogP contribution is 2.27. The molecule has 3 rings (SSSR count). The second-order valence-electron chi connectivity index (χ2n) is 5.99. The Hall–Kier alpha value is -1.99. The fourth-order valence-corrected chi connectivity index (χ4v) is 3.37. The first kappa shape index (κ1) is 16.9. The molecule has 7 heteroatoms. The molecule has 1 aliphatic heterocycles. The lowest BCUT2D eigenvalue weighted by Crippen LogP contribution is -2.39. The number of benzene rings is 1. The van der Waals surface area contributed by atoms with E-state index in [2.05, 4.69) is 15.5 Å². The van der Waals surface area contributed by atoms with Crippen LogP contribution in [0.4, 0.5) is 5.13 Å². The van der Waals surface area contributed by atoms with Crippen LogP contribution in [0.5, 0.6) is 5.75 Å². The molecule has 2 heterocycles. The molecule has 1 amide bonds. The third-order valence-electron chi connectivity index (χ3n) is 4.17. The number of nitrogens with one attached hydrogen (secondary N) is 1. The van der Waals surface area contributed by atoms with E-state index in [9.17, 15) is 4.79 Å². The molecule has 0 radical (unpaired) electrons. The van der Waals surface area contributed by atoms with Crippen molar-refractivity contribution in [3.05, 3.63) is 34.8 Å². The largest absolute Gasteiger partial charge is 0.497 e. The van der Waals surface area contributed by atoms with Gasteiger partial charge >= 0.3 is 0 Å². The highest BCUT2D eigenvalue weighted by Gasteiger charge is 2.38. The average Bonchev–Trinajstić information content (AvgIpc) is 3.23. The Labute approximate surface area is 145 Å². The van der Waals surface area contributed by atoms with Gasteiger partial charge in [0.25, 0.3) is 5.91 Å². The molecule has 2 aromatic rings. The monoisotopic (exact) mass is 347 g/mol. The number of amides is 1. The van der Waals surface area contributed by atoms with Crippen molar-refractivity contribution in [1.29, 1.82) is 0 Å². The quantitative estimate of drug-likeness (QED) is 0.870. The summed E-state index contributed by atoms with van der Waals surface area (Å²) < 4.78 is 10.7. The van der Waals surface area contributed by atoms with Crippen LogP contribution < -0.4 is 10.1 Å². The van der Waals surface area contributed by atoms with E-state index >= 15 is 0 Å². The Morgan fingerprint density at radius 2 is 2.12 bits per heavy atom. The average molecular weight is 347 g/mol. The number of hydrogen-bond donors (Lipinski definition) is 1. The fraction of sp³-hybridized carbons (Fsp3) is 0.471. The van der Waals surface area contributed by atoms with Gasteiger partial charge < -0.3 is 9.47 Å². The van der Waals surface area contributed by atoms with E-state index in [0.29, 0.717) is 11.7 Å². The molecule has 6 nitrogen and oxygen atoms in total. The number of nitrogens with zero attached hydrogens (tertiary/aromatic N) is 2. The smallest absolute Gasteiger partial charge is 0.258 e. The van der Waals surface area contributed by atoms with E-state index in [1.807, 2.05) is 31.2 Å². The van der Waals surface area contributed by atoms with E-state index < -0.39 is 5.60 Å². The Morgan fingerprint density at radius 3 is 2.79 bits per heavy atom. The minimum Gasteiger partial charge on any atom is -0.497 e. The van der Waals surface area contributed by atoms with Gasteiger partial charge in [0.1, 0.15) is 16.4 Å². The Bertz CT molecular complexity index is 693. The molecular weight excluding hydrogens is 326 g/mol. The summed E-state index contributed by atoms with van der Waals surface area (Å²) in [5.41, 5.74) is 0.470. The highest BCUT2D eigenvalue weighted by atomic mass is 32.1. The summed E-state index contributed by atoms with van der Waals surface area (Å²) in [5, 5.41) is 12.5. The molecule has 0 aliphatic carbocycles. The standard InChI is InChI=1S/C17H21N3O3S/c1-17(10-3-11-23-17)15(21)18-16-20-19-14(24-16)9-6-12-4-7-13(22-2)8-5-12/h4-5,7-8H,3,6,9-11H2,1-2H3,(H,18,20,21)/t17-/m1/s1. The number of aryl methyl sites for hydroxylation is 2. The number of aromatic nitrogens is 2. The summed E-state index contributed by atoms with van der Waals surface area (Å²) in [6.45, 7) is 2.45. The van der Waals surface area contributed by atoms with E-state index in [1.165, 1.54) is 16.9 Å². The Balaban J connectivity index is 1.54. The van der Waals surface area contributed by atoms with Gasteiger partial charge in [0.15, 0.2) is 0 Å². The van der Waals surface area contributed by atoms with Gasteiger partial charge in [0, 0.05) is 13.0 Å². The van der Waals surface area contributed by atoms with Crippen molar-refractivity contribution in [2.24, 2.45) is 0 Å². The van der Waals surface area contributed by atoms with Crippen LogP contribution in [0, 0.1) is 0 Å². The minimum absolute atomic E-state index is 0.141. The van der Waals surface area contributed by atoms with Crippen LogP contribution in [-0.4, -0.2) is 35.4 Å². The highest BCUT2D eigenvalue weighted by molar-refractivity contribution is 7.15. The molecule has 1 aromatic heterocycles. The van der Waals surface area contributed by atoms with Crippen molar-refractivity contribution in [2.75, 3.05) is 19.0 Å². The topological polar surface area (TPSA) is 73.3 Å². The van der Waals surface area contributed by atoms with Crippen LogP contribution in [-0.2, 0) is 22.4 Å². The molecule has 1 saturated heterocycles. The van der Waals surface area contributed by atoms with Crippen molar-refractivity contribution < 1.29 is 14.3 Å². The lowest BCUT2D eigenvalue weighted by Gasteiger charge is -2.20. The van der Waals surface area contributed by atoms with Crippen LogP contribution in [0.15, 0.2) is 24.3 Å². The molecule has 1 fully saturated rings. The first-order chi connectivity index (χ1) is 11.6. The number of ether oxygens (including phenoxy) is 2. The third kappa shape index (κ3) is 3.91. The summed E-state index contributed by atoms with van der Waals surface area (Å²) in [6, 6.07) is 7.98. The molecule has 128 valence electrons. The fourth-order valence-electron chi connectivity index (χ4n) is 2.64. The van der Waals surface area contributed by atoms with Crippen molar-refractivity contribution in [1.82, 2.24) is 10.2 Å². The molecule has 1 aromatic carbocycles. The molecule has 1 N–H and O–H groups in total.